The Kier molecular flexibility index (Phi) is 5.17. The number of benzene rings is 2. The van der Waals surface area contributed by atoms with Crippen molar-refractivity contribution in [3.63, 3.8) is 0 Å². The average Bonchev–Trinajstić information content (AvgIpc) is 2.46. The van der Waals surface area contributed by atoms with Crippen molar-refractivity contribution in [3.8, 4) is 5.75 Å². The number of carbonyl (C=O) groups excluding carboxylic acids is 2. The minimum absolute atomic E-state index is 0.393. The molecule has 0 saturated carbocycles. The maximum atomic E-state index is 11.4. The van der Waals surface area contributed by atoms with Gasteiger partial charge in [0.2, 0.25) is 0 Å². The van der Waals surface area contributed by atoms with Crippen LogP contribution in [0.1, 0.15) is 31.1 Å². The smallest absolute Gasteiger partial charge is 0.308 e. The standard InChI is InChI=1S/C17H15ClO4/c1-11(19)21-14-9-7-13(8-10-14)17(22-12(2)20)15-5-3-4-6-16(15)18/h3-10,17H,1-2H3. The molecule has 5 heteroatoms. The van der Waals surface area contributed by atoms with Crippen molar-refractivity contribution in [1.82, 2.24) is 0 Å². The van der Waals surface area contributed by atoms with Crippen molar-refractivity contribution in [2.75, 3.05) is 0 Å². The molecule has 0 aliphatic heterocycles. The predicted octanol–water partition coefficient (Wildman–Crippen LogP) is 3.92. The van der Waals surface area contributed by atoms with Crippen LogP contribution in [0, 0.1) is 0 Å². The van der Waals surface area contributed by atoms with Crippen LogP contribution in [0.2, 0.25) is 5.02 Å². The molecule has 2 aromatic carbocycles. The molecule has 0 N–H and O–H groups in total. The topological polar surface area (TPSA) is 52.6 Å². The van der Waals surface area contributed by atoms with Gasteiger partial charge in [0, 0.05) is 24.4 Å². The molecule has 0 fully saturated rings. The Morgan fingerprint density at radius 1 is 0.955 bits per heavy atom. The number of ether oxygens (including phenoxy) is 2. The van der Waals surface area contributed by atoms with Crippen LogP contribution in [0.5, 0.6) is 5.75 Å². The molecule has 0 radical (unpaired) electrons. The molecule has 1 atom stereocenters. The van der Waals surface area contributed by atoms with Gasteiger partial charge in [-0.2, -0.15) is 0 Å². The lowest BCUT2D eigenvalue weighted by atomic mass is 10.0. The van der Waals surface area contributed by atoms with Gasteiger partial charge in [0.05, 0.1) is 0 Å². The number of hydrogen-bond donors (Lipinski definition) is 0. The van der Waals surface area contributed by atoms with Crippen molar-refractivity contribution in [2.24, 2.45) is 0 Å². The van der Waals surface area contributed by atoms with E-state index >= 15 is 0 Å². The zero-order chi connectivity index (χ0) is 16.1. The summed E-state index contributed by atoms with van der Waals surface area (Å²) in [5.41, 5.74) is 1.43. The van der Waals surface area contributed by atoms with E-state index in [2.05, 4.69) is 0 Å². The Bertz CT molecular complexity index is 679. The number of rotatable bonds is 4. The molecule has 0 aliphatic rings. The highest BCUT2D eigenvalue weighted by Crippen LogP contribution is 2.32. The van der Waals surface area contributed by atoms with Crippen LogP contribution in [0.3, 0.4) is 0 Å². The highest BCUT2D eigenvalue weighted by atomic mass is 35.5. The fourth-order valence-corrected chi connectivity index (χ4v) is 2.28. The monoisotopic (exact) mass is 318 g/mol. The maximum absolute atomic E-state index is 11.4. The quantitative estimate of drug-likeness (QED) is 0.633. The fraction of sp³-hybridized carbons (Fsp3) is 0.176. The summed E-state index contributed by atoms with van der Waals surface area (Å²) in [6.07, 6.45) is -0.613. The van der Waals surface area contributed by atoms with Gasteiger partial charge in [-0.25, -0.2) is 0 Å². The summed E-state index contributed by atoms with van der Waals surface area (Å²) in [6, 6.07) is 13.9. The summed E-state index contributed by atoms with van der Waals surface area (Å²) in [7, 11) is 0. The Hall–Kier alpha value is -2.33. The molecule has 0 aromatic heterocycles. The van der Waals surface area contributed by atoms with Gasteiger partial charge in [-0.05, 0) is 23.8 Å². The van der Waals surface area contributed by atoms with Gasteiger partial charge >= 0.3 is 11.9 Å². The van der Waals surface area contributed by atoms with Gasteiger partial charge in [0.1, 0.15) is 5.75 Å². The second-order valence-corrected chi connectivity index (χ2v) is 5.08. The van der Waals surface area contributed by atoms with Gasteiger partial charge in [-0.3, -0.25) is 9.59 Å². The molecule has 0 saturated heterocycles. The lowest BCUT2D eigenvalue weighted by Crippen LogP contribution is -2.10. The molecular formula is C17H15ClO4. The van der Waals surface area contributed by atoms with Crippen LogP contribution in [0.4, 0.5) is 0 Å². The average molecular weight is 319 g/mol. The van der Waals surface area contributed by atoms with Crippen molar-refractivity contribution < 1.29 is 19.1 Å². The summed E-state index contributed by atoms with van der Waals surface area (Å²) in [5, 5.41) is 0.512. The molecule has 2 rings (SSSR count). The van der Waals surface area contributed by atoms with E-state index in [4.69, 9.17) is 21.1 Å². The number of carbonyl (C=O) groups is 2. The fourth-order valence-electron chi connectivity index (χ4n) is 2.04. The first-order valence-corrected chi connectivity index (χ1v) is 7.05. The highest BCUT2D eigenvalue weighted by Gasteiger charge is 2.20. The Morgan fingerprint density at radius 2 is 1.59 bits per heavy atom. The predicted molar refractivity (Wildman–Crippen MR) is 82.8 cm³/mol. The molecule has 0 bridgehead atoms. The number of halogens is 1. The highest BCUT2D eigenvalue weighted by molar-refractivity contribution is 6.31. The molecule has 4 nitrogen and oxygen atoms in total. The summed E-state index contributed by atoms with van der Waals surface area (Å²) in [4.78, 5) is 22.3. The van der Waals surface area contributed by atoms with Crippen LogP contribution in [-0.2, 0) is 14.3 Å². The largest absolute Gasteiger partial charge is 0.453 e. The summed E-state index contributed by atoms with van der Waals surface area (Å²) in [6.45, 7) is 2.68. The van der Waals surface area contributed by atoms with E-state index in [1.165, 1.54) is 13.8 Å². The van der Waals surface area contributed by atoms with Crippen LogP contribution >= 0.6 is 11.6 Å². The van der Waals surface area contributed by atoms with Crippen molar-refractivity contribution >= 4 is 23.5 Å². The third-order valence-corrected chi connectivity index (χ3v) is 3.26. The Morgan fingerprint density at radius 3 is 2.14 bits per heavy atom. The lowest BCUT2D eigenvalue weighted by Gasteiger charge is -2.19. The van der Waals surface area contributed by atoms with Gasteiger partial charge in [-0.15, -0.1) is 0 Å². The third kappa shape index (κ3) is 4.09. The van der Waals surface area contributed by atoms with Gasteiger partial charge < -0.3 is 9.47 Å². The van der Waals surface area contributed by atoms with E-state index in [0.717, 1.165) is 5.56 Å². The molecule has 1 unspecified atom stereocenters. The van der Waals surface area contributed by atoms with Crippen molar-refractivity contribution in [3.05, 3.63) is 64.7 Å². The lowest BCUT2D eigenvalue weighted by molar-refractivity contribution is -0.144. The number of hydrogen-bond acceptors (Lipinski definition) is 4. The van der Waals surface area contributed by atoms with Gasteiger partial charge in [-0.1, -0.05) is 41.9 Å². The van der Waals surface area contributed by atoms with E-state index in [-0.39, 0.29) is 0 Å². The molecular weight excluding hydrogens is 304 g/mol. The van der Waals surface area contributed by atoms with Gasteiger partial charge in [0.15, 0.2) is 6.10 Å². The first-order chi connectivity index (χ1) is 10.5. The van der Waals surface area contributed by atoms with E-state index in [1.54, 1.807) is 42.5 Å². The van der Waals surface area contributed by atoms with Gasteiger partial charge in [0.25, 0.3) is 0 Å². The van der Waals surface area contributed by atoms with E-state index in [1.807, 2.05) is 6.07 Å². The second kappa shape index (κ2) is 7.09. The zero-order valence-corrected chi connectivity index (χ0v) is 13.0. The molecule has 22 heavy (non-hydrogen) atoms. The Balaban J connectivity index is 2.35. The number of esters is 2. The molecule has 0 heterocycles. The molecule has 0 amide bonds. The van der Waals surface area contributed by atoms with Crippen LogP contribution in [0.15, 0.2) is 48.5 Å². The second-order valence-electron chi connectivity index (χ2n) is 4.67. The normalized spacial score (nSPS) is 11.6. The minimum atomic E-state index is -0.613. The van der Waals surface area contributed by atoms with Crippen molar-refractivity contribution in [2.45, 2.75) is 20.0 Å². The molecule has 114 valence electrons. The SMILES string of the molecule is CC(=O)Oc1ccc(C(OC(C)=O)c2ccccc2Cl)cc1. The van der Waals surface area contributed by atoms with Crippen LogP contribution in [0.25, 0.3) is 0 Å². The molecule has 0 spiro atoms. The molecule has 2 aromatic rings. The van der Waals surface area contributed by atoms with Crippen LogP contribution < -0.4 is 4.74 Å². The van der Waals surface area contributed by atoms with E-state index in [9.17, 15) is 9.59 Å². The summed E-state index contributed by atoms with van der Waals surface area (Å²) >= 11 is 6.19. The van der Waals surface area contributed by atoms with Crippen LogP contribution in [-0.4, -0.2) is 11.9 Å². The maximum Gasteiger partial charge on any atom is 0.308 e. The van der Waals surface area contributed by atoms with E-state index in [0.29, 0.717) is 16.3 Å². The third-order valence-electron chi connectivity index (χ3n) is 2.92. The summed E-state index contributed by atoms with van der Waals surface area (Å²) < 4.78 is 10.4. The first-order valence-electron chi connectivity index (χ1n) is 6.67. The Labute approximate surface area is 133 Å². The summed E-state index contributed by atoms with van der Waals surface area (Å²) in [5.74, 6) is -0.374. The zero-order valence-electron chi connectivity index (χ0n) is 12.2. The van der Waals surface area contributed by atoms with Crippen molar-refractivity contribution in [1.29, 1.82) is 0 Å². The molecule has 0 aliphatic carbocycles. The first kappa shape index (κ1) is 16.0. The minimum Gasteiger partial charge on any atom is -0.453 e. The van der Waals surface area contributed by atoms with E-state index < -0.39 is 18.0 Å².